The molecule has 0 unspecified atom stereocenters. The number of rotatable bonds is 6. The van der Waals surface area contributed by atoms with E-state index < -0.39 is 5.41 Å². The highest BCUT2D eigenvalue weighted by Gasteiger charge is 2.41. The van der Waals surface area contributed by atoms with Gasteiger partial charge >= 0.3 is 0 Å². The molecule has 1 aliphatic carbocycles. The molecule has 3 aromatic rings. The van der Waals surface area contributed by atoms with Gasteiger partial charge in [0.15, 0.2) is 0 Å². The van der Waals surface area contributed by atoms with Gasteiger partial charge in [-0.05, 0) is 61.2 Å². The van der Waals surface area contributed by atoms with Gasteiger partial charge in [0, 0.05) is 16.6 Å². The molecule has 4 nitrogen and oxygen atoms in total. The first kappa shape index (κ1) is 20.7. The summed E-state index contributed by atoms with van der Waals surface area (Å²) in [6, 6.07) is 15.4. The van der Waals surface area contributed by atoms with Crippen molar-refractivity contribution < 1.29 is 9.53 Å². The molecule has 0 aliphatic heterocycles. The average molecular weight is 423 g/mol. The van der Waals surface area contributed by atoms with Crippen LogP contribution in [0.2, 0.25) is 5.02 Å². The van der Waals surface area contributed by atoms with Gasteiger partial charge in [-0.15, -0.1) is 0 Å². The fourth-order valence-electron chi connectivity index (χ4n) is 4.40. The molecule has 0 atom stereocenters. The van der Waals surface area contributed by atoms with Crippen molar-refractivity contribution >= 4 is 34.1 Å². The molecule has 1 heterocycles. The van der Waals surface area contributed by atoms with E-state index in [9.17, 15) is 4.79 Å². The summed E-state index contributed by atoms with van der Waals surface area (Å²) in [6.45, 7) is 2.71. The van der Waals surface area contributed by atoms with Crippen molar-refractivity contribution in [3.05, 3.63) is 65.3 Å². The van der Waals surface area contributed by atoms with Gasteiger partial charge in [0.2, 0.25) is 5.91 Å². The zero-order valence-electron chi connectivity index (χ0n) is 17.3. The molecule has 1 fully saturated rings. The highest BCUT2D eigenvalue weighted by atomic mass is 35.5. The van der Waals surface area contributed by atoms with Crippen LogP contribution in [0.25, 0.3) is 10.9 Å². The van der Waals surface area contributed by atoms with Crippen LogP contribution in [0.5, 0.6) is 5.75 Å². The summed E-state index contributed by atoms with van der Waals surface area (Å²) >= 11 is 6.10. The normalized spacial score (nSPS) is 15.7. The summed E-state index contributed by atoms with van der Waals surface area (Å²) in [6.07, 6.45) is 7.62. The van der Waals surface area contributed by atoms with Crippen LogP contribution in [-0.4, -0.2) is 17.5 Å². The second kappa shape index (κ2) is 9.05. The number of hydrogen-bond donors (Lipinski definition) is 1. The van der Waals surface area contributed by atoms with Crippen molar-refractivity contribution in [1.82, 2.24) is 4.98 Å². The molecule has 1 amide bonds. The number of pyridine rings is 1. The van der Waals surface area contributed by atoms with Gasteiger partial charge in [-0.1, -0.05) is 49.9 Å². The Morgan fingerprint density at radius 1 is 1.10 bits per heavy atom. The molecule has 5 heteroatoms. The van der Waals surface area contributed by atoms with Crippen LogP contribution in [0.4, 0.5) is 5.69 Å². The Morgan fingerprint density at radius 3 is 2.60 bits per heavy atom. The van der Waals surface area contributed by atoms with Crippen molar-refractivity contribution in [2.24, 2.45) is 0 Å². The van der Waals surface area contributed by atoms with Crippen molar-refractivity contribution in [2.75, 3.05) is 11.9 Å². The molecule has 30 heavy (non-hydrogen) atoms. The highest BCUT2D eigenvalue weighted by molar-refractivity contribution is 6.30. The van der Waals surface area contributed by atoms with E-state index >= 15 is 0 Å². The quantitative estimate of drug-likeness (QED) is 0.492. The van der Waals surface area contributed by atoms with Gasteiger partial charge in [0.25, 0.3) is 0 Å². The van der Waals surface area contributed by atoms with Gasteiger partial charge in [-0.25, -0.2) is 0 Å². The number of amides is 1. The lowest BCUT2D eigenvalue weighted by atomic mass is 9.68. The highest BCUT2D eigenvalue weighted by Crippen LogP contribution is 2.41. The molecule has 2 aromatic carbocycles. The van der Waals surface area contributed by atoms with Gasteiger partial charge in [-0.3, -0.25) is 9.78 Å². The van der Waals surface area contributed by atoms with E-state index in [1.807, 2.05) is 48.5 Å². The van der Waals surface area contributed by atoms with Gasteiger partial charge in [0.1, 0.15) is 11.3 Å². The number of halogens is 1. The first-order valence-corrected chi connectivity index (χ1v) is 11.1. The number of carbonyl (C=O) groups excluding carboxylic acids is 1. The lowest BCUT2D eigenvalue weighted by molar-refractivity contribution is -0.122. The Morgan fingerprint density at radius 2 is 1.87 bits per heavy atom. The van der Waals surface area contributed by atoms with Crippen LogP contribution in [0.1, 0.15) is 51.0 Å². The summed E-state index contributed by atoms with van der Waals surface area (Å²) in [5.74, 6) is 0.785. The van der Waals surface area contributed by atoms with Gasteiger partial charge in [-0.2, -0.15) is 0 Å². The van der Waals surface area contributed by atoms with E-state index in [1.54, 1.807) is 6.20 Å². The second-order valence-electron chi connectivity index (χ2n) is 7.96. The summed E-state index contributed by atoms with van der Waals surface area (Å²) < 4.78 is 5.86. The average Bonchev–Trinajstić information content (AvgIpc) is 2.79. The molecule has 4 rings (SSSR count). The van der Waals surface area contributed by atoms with E-state index in [4.69, 9.17) is 16.3 Å². The zero-order chi connectivity index (χ0) is 21.0. The van der Waals surface area contributed by atoms with Crippen molar-refractivity contribution in [3.63, 3.8) is 0 Å². The molecule has 156 valence electrons. The Kier molecular flexibility index (Phi) is 6.24. The van der Waals surface area contributed by atoms with Crippen LogP contribution in [-0.2, 0) is 10.2 Å². The van der Waals surface area contributed by atoms with Gasteiger partial charge < -0.3 is 10.1 Å². The number of benzene rings is 2. The number of ether oxygens (including phenoxy) is 1. The smallest absolute Gasteiger partial charge is 0.235 e. The van der Waals surface area contributed by atoms with E-state index in [1.165, 1.54) is 6.42 Å². The molecule has 1 saturated carbocycles. The lowest BCUT2D eigenvalue weighted by Crippen LogP contribution is -2.42. The number of carbonyl (C=O) groups is 1. The maximum absolute atomic E-state index is 13.7. The maximum Gasteiger partial charge on any atom is 0.235 e. The molecule has 0 spiro atoms. The summed E-state index contributed by atoms with van der Waals surface area (Å²) in [5, 5.41) is 4.80. The van der Waals surface area contributed by atoms with Crippen LogP contribution in [0.3, 0.4) is 0 Å². The number of nitrogens with zero attached hydrogens (tertiary/aromatic N) is 1. The Hall–Kier alpha value is -2.59. The maximum atomic E-state index is 13.7. The fraction of sp³-hybridized carbons (Fsp3) is 0.360. The minimum Gasteiger partial charge on any atom is -0.491 e. The summed E-state index contributed by atoms with van der Waals surface area (Å²) in [4.78, 5) is 18.2. The summed E-state index contributed by atoms with van der Waals surface area (Å²) in [7, 11) is 0. The Balaban J connectivity index is 1.69. The number of anilines is 1. The van der Waals surface area contributed by atoms with Crippen LogP contribution in [0, 0.1) is 0 Å². The van der Waals surface area contributed by atoms with Crippen molar-refractivity contribution in [1.29, 1.82) is 0 Å². The molecule has 1 N–H and O–H groups in total. The summed E-state index contributed by atoms with van der Waals surface area (Å²) in [5.41, 5.74) is 2.04. The third-order valence-electron chi connectivity index (χ3n) is 5.98. The van der Waals surface area contributed by atoms with Crippen LogP contribution < -0.4 is 10.1 Å². The van der Waals surface area contributed by atoms with Crippen molar-refractivity contribution in [3.8, 4) is 5.75 Å². The third kappa shape index (κ3) is 4.01. The molecule has 0 radical (unpaired) electrons. The molecule has 1 aromatic heterocycles. The predicted molar refractivity (Wildman–Crippen MR) is 122 cm³/mol. The zero-order valence-corrected chi connectivity index (χ0v) is 18.0. The van der Waals surface area contributed by atoms with Crippen molar-refractivity contribution in [2.45, 2.75) is 50.9 Å². The number of nitrogens with one attached hydrogen (secondary N) is 1. The SMILES string of the molecule is CCCOc1ccc(NC(=O)C2(c3ccc(Cl)cc3)CCCCC2)c2cccnc12. The van der Waals surface area contributed by atoms with E-state index in [2.05, 4.69) is 17.2 Å². The van der Waals surface area contributed by atoms with E-state index in [0.717, 1.165) is 60.0 Å². The lowest BCUT2D eigenvalue weighted by Gasteiger charge is -2.36. The molecular formula is C25H27ClN2O2. The van der Waals surface area contributed by atoms with Crippen LogP contribution >= 0.6 is 11.6 Å². The topological polar surface area (TPSA) is 51.2 Å². The number of aromatic nitrogens is 1. The fourth-order valence-corrected chi connectivity index (χ4v) is 4.52. The molecular weight excluding hydrogens is 396 g/mol. The minimum absolute atomic E-state index is 0.0388. The standard InChI is InChI=1S/C25H27ClN2O2/c1-2-17-30-22-13-12-21(20-7-6-16-27-23(20)22)28-24(29)25(14-4-3-5-15-25)18-8-10-19(26)11-9-18/h6-13,16H,2-5,14-15,17H2,1H3,(H,28,29). The number of hydrogen-bond acceptors (Lipinski definition) is 3. The van der Waals surface area contributed by atoms with Crippen LogP contribution in [0.15, 0.2) is 54.7 Å². The number of fused-ring (bicyclic) bond motifs is 1. The molecule has 0 saturated heterocycles. The van der Waals surface area contributed by atoms with E-state index in [-0.39, 0.29) is 5.91 Å². The third-order valence-corrected chi connectivity index (χ3v) is 6.23. The molecule has 1 aliphatic rings. The molecule has 0 bridgehead atoms. The largest absolute Gasteiger partial charge is 0.491 e. The minimum atomic E-state index is -0.533. The monoisotopic (exact) mass is 422 g/mol. The Labute approximate surface area is 182 Å². The Bertz CT molecular complexity index is 1030. The van der Waals surface area contributed by atoms with E-state index in [0.29, 0.717) is 11.6 Å². The second-order valence-corrected chi connectivity index (χ2v) is 8.40. The van der Waals surface area contributed by atoms with Gasteiger partial charge in [0.05, 0.1) is 17.7 Å². The first-order valence-electron chi connectivity index (χ1n) is 10.7. The first-order chi connectivity index (χ1) is 14.6. The predicted octanol–water partition coefficient (Wildman–Crippen LogP) is 6.52.